The molecule has 0 saturated carbocycles. The van der Waals surface area contributed by atoms with Gasteiger partial charge in [0.25, 0.3) is 5.91 Å². The minimum atomic E-state index is -0.871. The molecule has 5 nitrogen and oxygen atoms in total. The molecule has 2 rings (SSSR count). The van der Waals surface area contributed by atoms with Gasteiger partial charge in [0.2, 0.25) is 0 Å². The van der Waals surface area contributed by atoms with Crippen molar-refractivity contribution in [2.75, 3.05) is 13.1 Å². The molecule has 6 heteroatoms. The predicted molar refractivity (Wildman–Crippen MR) is 77.1 cm³/mol. The summed E-state index contributed by atoms with van der Waals surface area (Å²) in [6, 6.07) is 4.80. The van der Waals surface area contributed by atoms with Crippen molar-refractivity contribution in [3.63, 3.8) is 0 Å². The molecule has 1 aromatic carbocycles. The van der Waals surface area contributed by atoms with Crippen molar-refractivity contribution in [2.24, 2.45) is 5.92 Å². The first-order chi connectivity index (χ1) is 8.99. The van der Waals surface area contributed by atoms with Gasteiger partial charge in [-0.2, -0.15) is 0 Å². The first-order valence-corrected chi connectivity index (χ1v) is 7.07. The molecule has 19 heavy (non-hydrogen) atoms. The number of phenolic OH excluding ortho intramolecular Hbond substituents is 1. The number of aliphatic carboxylic acids is 1. The van der Waals surface area contributed by atoms with Gasteiger partial charge in [-0.3, -0.25) is 9.59 Å². The lowest BCUT2D eigenvalue weighted by Gasteiger charge is -2.30. The van der Waals surface area contributed by atoms with E-state index in [9.17, 15) is 14.7 Å². The summed E-state index contributed by atoms with van der Waals surface area (Å²) in [5, 5.41) is 18.8. The maximum Gasteiger partial charge on any atom is 0.308 e. The molecule has 2 N–H and O–H groups in total. The number of nitrogens with zero attached hydrogens (tertiary/aromatic N) is 1. The van der Waals surface area contributed by atoms with Crippen molar-refractivity contribution in [3.8, 4) is 5.75 Å². The summed E-state index contributed by atoms with van der Waals surface area (Å²) >= 11 is 2.07. The average Bonchev–Trinajstić information content (AvgIpc) is 2.41. The van der Waals surface area contributed by atoms with E-state index in [1.54, 1.807) is 12.1 Å². The lowest BCUT2D eigenvalue weighted by molar-refractivity contribution is -0.143. The van der Waals surface area contributed by atoms with Crippen LogP contribution in [0, 0.1) is 9.49 Å². The Bertz CT molecular complexity index is 517. The van der Waals surface area contributed by atoms with E-state index in [4.69, 9.17) is 5.11 Å². The summed E-state index contributed by atoms with van der Waals surface area (Å²) in [6.07, 6.45) is 1.27. The number of hydrogen-bond acceptors (Lipinski definition) is 3. The Balaban J connectivity index is 2.19. The fourth-order valence-electron chi connectivity index (χ4n) is 2.21. The number of carboxylic acids is 1. The lowest BCUT2D eigenvalue weighted by atomic mass is 9.97. The quantitative estimate of drug-likeness (QED) is 0.775. The highest BCUT2D eigenvalue weighted by Crippen LogP contribution is 2.24. The van der Waals surface area contributed by atoms with Crippen LogP contribution >= 0.6 is 22.6 Å². The molecule has 0 aromatic heterocycles. The van der Waals surface area contributed by atoms with Crippen LogP contribution in [0.4, 0.5) is 0 Å². The second-order valence-corrected chi connectivity index (χ2v) is 5.84. The first kappa shape index (κ1) is 14.1. The molecule has 1 fully saturated rings. The Morgan fingerprint density at radius 2 is 2.11 bits per heavy atom. The van der Waals surface area contributed by atoms with Crippen LogP contribution in [0.15, 0.2) is 18.2 Å². The number of likely N-dealkylation sites (tertiary alicyclic amines) is 1. The number of halogens is 1. The number of carbonyl (C=O) groups is 2. The normalized spacial score (nSPS) is 19.2. The molecule has 1 aliphatic heterocycles. The summed E-state index contributed by atoms with van der Waals surface area (Å²) < 4.78 is 0.852. The van der Waals surface area contributed by atoms with Gasteiger partial charge >= 0.3 is 5.97 Å². The van der Waals surface area contributed by atoms with E-state index < -0.39 is 11.9 Å². The summed E-state index contributed by atoms with van der Waals surface area (Å²) in [6.45, 7) is 0.743. The fourth-order valence-corrected chi connectivity index (χ4v) is 2.70. The number of benzene rings is 1. The monoisotopic (exact) mass is 375 g/mol. The van der Waals surface area contributed by atoms with E-state index in [1.165, 1.54) is 11.0 Å². The molecule has 1 saturated heterocycles. The third kappa shape index (κ3) is 3.17. The van der Waals surface area contributed by atoms with Gasteiger partial charge in [-0.25, -0.2) is 0 Å². The van der Waals surface area contributed by atoms with Crippen LogP contribution in [-0.2, 0) is 4.79 Å². The van der Waals surface area contributed by atoms with Gasteiger partial charge in [-0.1, -0.05) is 0 Å². The van der Waals surface area contributed by atoms with E-state index in [0.717, 1.165) is 3.57 Å². The van der Waals surface area contributed by atoms with E-state index in [1.807, 2.05) is 0 Å². The van der Waals surface area contributed by atoms with E-state index in [0.29, 0.717) is 19.4 Å². The zero-order valence-corrected chi connectivity index (χ0v) is 12.3. The fraction of sp³-hybridized carbons (Fsp3) is 0.385. The van der Waals surface area contributed by atoms with Crippen molar-refractivity contribution < 1.29 is 19.8 Å². The molecule has 0 bridgehead atoms. The molecule has 0 aliphatic carbocycles. The van der Waals surface area contributed by atoms with Gasteiger partial charge in [0.15, 0.2) is 0 Å². The highest BCUT2D eigenvalue weighted by atomic mass is 127. The molecule has 1 aliphatic rings. The zero-order chi connectivity index (χ0) is 14.0. The first-order valence-electron chi connectivity index (χ1n) is 5.99. The Morgan fingerprint density at radius 1 is 1.37 bits per heavy atom. The molecule has 0 radical (unpaired) electrons. The molecular formula is C13H14INO4. The molecule has 1 atom stereocenters. The summed E-state index contributed by atoms with van der Waals surface area (Å²) in [7, 11) is 0. The van der Waals surface area contributed by atoms with Crippen LogP contribution in [0.5, 0.6) is 5.75 Å². The molecule has 1 aromatic rings. The molecule has 0 unspecified atom stereocenters. The Hall–Kier alpha value is -1.31. The maximum atomic E-state index is 12.3. The van der Waals surface area contributed by atoms with Crippen molar-refractivity contribution in [3.05, 3.63) is 27.3 Å². The zero-order valence-electron chi connectivity index (χ0n) is 10.2. The molecular weight excluding hydrogens is 361 g/mol. The number of aromatic hydroxyl groups is 1. The maximum absolute atomic E-state index is 12.3. The predicted octanol–water partition coefficient (Wildman–Crippen LogP) is 1.93. The highest BCUT2D eigenvalue weighted by molar-refractivity contribution is 14.1. The summed E-state index contributed by atoms with van der Waals surface area (Å²) in [5.74, 6) is -1.75. The molecule has 102 valence electrons. The number of phenols is 1. The standard InChI is InChI=1S/C13H14INO4/c14-9-3-4-11(16)10(6-9)12(17)15-5-1-2-8(7-15)13(18)19/h3-4,6,8,16H,1-2,5,7H2,(H,18,19)/t8-/m0/s1. The van der Waals surface area contributed by atoms with Gasteiger partial charge < -0.3 is 15.1 Å². The lowest BCUT2D eigenvalue weighted by Crippen LogP contribution is -2.42. The minimum absolute atomic E-state index is 0.0668. The number of amides is 1. The second kappa shape index (κ2) is 5.77. The molecule has 1 heterocycles. The minimum Gasteiger partial charge on any atom is -0.507 e. The largest absolute Gasteiger partial charge is 0.507 e. The SMILES string of the molecule is O=C(O)[C@H]1CCCN(C(=O)c2cc(I)ccc2O)C1. The van der Waals surface area contributed by atoms with E-state index >= 15 is 0 Å². The van der Waals surface area contributed by atoms with Gasteiger partial charge in [0.1, 0.15) is 5.75 Å². The second-order valence-electron chi connectivity index (χ2n) is 4.59. The number of carbonyl (C=O) groups excluding carboxylic acids is 1. The number of hydrogen-bond donors (Lipinski definition) is 2. The van der Waals surface area contributed by atoms with E-state index in [-0.39, 0.29) is 23.8 Å². The van der Waals surface area contributed by atoms with Crippen LogP contribution in [0.1, 0.15) is 23.2 Å². The van der Waals surface area contributed by atoms with Gasteiger partial charge in [0, 0.05) is 16.7 Å². The smallest absolute Gasteiger partial charge is 0.308 e. The van der Waals surface area contributed by atoms with Crippen molar-refractivity contribution in [2.45, 2.75) is 12.8 Å². The van der Waals surface area contributed by atoms with Crippen LogP contribution < -0.4 is 0 Å². The molecule has 0 spiro atoms. The number of piperidine rings is 1. The topological polar surface area (TPSA) is 77.8 Å². The van der Waals surface area contributed by atoms with Gasteiger partial charge in [0.05, 0.1) is 11.5 Å². The third-order valence-corrected chi connectivity index (χ3v) is 3.92. The average molecular weight is 375 g/mol. The van der Waals surface area contributed by atoms with Crippen molar-refractivity contribution in [1.29, 1.82) is 0 Å². The Morgan fingerprint density at radius 3 is 2.79 bits per heavy atom. The Kier molecular flexibility index (Phi) is 4.28. The van der Waals surface area contributed by atoms with Crippen LogP contribution in [0.25, 0.3) is 0 Å². The number of rotatable bonds is 2. The Labute approximate surface area is 124 Å². The summed E-state index contributed by atoms with van der Waals surface area (Å²) in [5.41, 5.74) is 0.234. The van der Waals surface area contributed by atoms with Gasteiger partial charge in [-0.15, -0.1) is 0 Å². The van der Waals surface area contributed by atoms with Crippen LogP contribution in [0.3, 0.4) is 0 Å². The van der Waals surface area contributed by atoms with Gasteiger partial charge in [-0.05, 0) is 53.6 Å². The highest BCUT2D eigenvalue weighted by Gasteiger charge is 2.29. The molecule has 1 amide bonds. The summed E-state index contributed by atoms with van der Waals surface area (Å²) in [4.78, 5) is 24.8. The van der Waals surface area contributed by atoms with Crippen molar-refractivity contribution >= 4 is 34.5 Å². The van der Waals surface area contributed by atoms with Crippen LogP contribution in [-0.4, -0.2) is 40.1 Å². The third-order valence-electron chi connectivity index (χ3n) is 3.25. The van der Waals surface area contributed by atoms with E-state index in [2.05, 4.69) is 22.6 Å². The van der Waals surface area contributed by atoms with Crippen LogP contribution in [0.2, 0.25) is 0 Å². The van der Waals surface area contributed by atoms with Crippen molar-refractivity contribution in [1.82, 2.24) is 4.90 Å². The number of carboxylic acid groups (broad SMARTS) is 1.